The number of benzene rings is 1. The van der Waals surface area contributed by atoms with Gasteiger partial charge in [0, 0.05) is 26.1 Å². The monoisotopic (exact) mass is 472 g/mol. The highest BCUT2D eigenvalue weighted by Crippen LogP contribution is 2.33. The first kappa shape index (κ1) is 23.3. The summed E-state index contributed by atoms with van der Waals surface area (Å²) >= 11 is 6.74. The minimum atomic E-state index is -0.109. The van der Waals surface area contributed by atoms with Crippen LogP contribution in [-0.4, -0.2) is 51.7 Å². The highest BCUT2D eigenvalue weighted by molar-refractivity contribution is 8.26. The van der Waals surface area contributed by atoms with Crippen molar-refractivity contribution in [2.45, 2.75) is 64.4 Å². The summed E-state index contributed by atoms with van der Waals surface area (Å²) in [5.74, 6) is 1.57. The number of amides is 2. The molecule has 1 aliphatic carbocycles. The fraction of sp³-hybridized carbons (Fsp3) is 0.560. The van der Waals surface area contributed by atoms with E-state index >= 15 is 0 Å². The average molecular weight is 473 g/mol. The molecule has 2 heterocycles. The number of hydrogen-bond donors (Lipinski definition) is 0. The molecule has 1 saturated carbocycles. The van der Waals surface area contributed by atoms with Crippen LogP contribution in [0.2, 0.25) is 0 Å². The first-order chi connectivity index (χ1) is 15.5. The molecule has 0 unspecified atom stereocenters. The van der Waals surface area contributed by atoms with Crippen LogP contribution in [0.1, 0.15) is 63.9 Å². The number of nitrogens with zero attached hydrogens (tertiary/aromatic N) is 2. The second kappa shape index (κ2) is 10.8. The van der Waals surface area contributed by atoms with Crippen LogP contribution < -0.4 is 4.74 Å². The van der Waals surface area contributed by atoms with Gasteiger partial charge in [0.25, 0.3) is 5.91 Å². The molecule has 7 heteroatoms. The Labute approximate surface area is 200 Å². The minimum absolute atomic E-state index is 0.109. The summed E-state index contributed by atoms with van der Waals surface area (Å²) in [5, 5.41) is 0. The standard InChI is InChI=1S/C25H32N2O3S2/c1-18-11-14-26(15-12-18)23(28)13-16-27-24(29)22(32-25(27)31)17-19-7-9-21(10-8-19)30-20-5-3-2-4-6-20/h7-10,17-18,20H,2-6,11-16H2,1H3/b22-17-. The molecular weight excluding hydrogens is 440 g/mol. The van der Waals surface area contributed by atoms with Crippen molar-refractivity contribution >= 4 is 46.2 Å². The van der Waals surface area contributed by atoms with E-state index in [0.29, 0.717) is 34.2 Å². The van der Waals surface area contributed by atoms with Crippen LogP contribution in [0.25, 0.3) is 6.08 Å². The molecule has 0 atom stereocenters. The summed E-state index contributed by atoms with van der Waals surface area (Å²) in [6, 6.07) is 7.90. The Morgan fingerprint density at radius 3 is 2.50 bits per heavy atom. The highest BCUT2D eigenvalue weighted by atomic mass is 32.2. The predicted octanol–water partition coefficient (Wildman–Crippen LogP) is 5.25. The van der Waals surface area contributed by atoms with Crippen molar-refractivity contribution in [1.82, 2.24) is 9.80 Å². The van der Waals surface area contributed by atoms with E-state index in [2.05, 4.69) is 6.92 Å². The predicted molar refractivity (Wildman–Crippen MR) is 133 cm³/mol. The van der Waals surface area contributed by atoms with Crippen molar-refractivity contribution in [2.24, 2.45) is 5.92 Å². The van der Waals surface area contributed by atoms with Gasteiger partial charge in [-0.05, 0) is 68.2 Å². The zero-order chi connectivity index (χ0) is 22.5. The Bertz CT molecular complexity index is 870. The number of hydrogen-bond acceptors (Lipinski definition) is 5. The minimum Gasteiger partial charge on any atom is -0.490 e. The van der Waals surface area contributed by atoms with Crippen molar-refractivity contribution in [3.63, 3.8) is 0 Å². The SMILES string of the molecule is CC1CCN(C(=O)CCN2C(=O)/C(=C/c3ccc(OC4CCCCC4)cc3)SC2=S)CC1. The Morgan fingerprint density at radius 2 is 1.81 bits per heavy atom. The Balaban J connectivity index is 1.31. The van der Waals surface area contributed by atoms with E-state index in [0.717, 1.165) is 50.1 Å². The number of piperidine rings is 1. The van der Waals surface area contributed by atoms with Crippen LogP contribution in [0, 0.1) is 5.92 Å². The van der Waals surface area contributed by atoms with Gasteiger partial charge in [-0.3, -0.25) is 14.5 Å². The van der Waals surface area contributed by atoms with Crippen LogP contribution in [0.15, 0.2) is 29.2 Å². The molecule has 0 bridgehead atoms. The van der Waals surface area contributed by atoms with Crippen molar-refractivity contribution in [2.75, 3.05) is 19.6 Å². The fourth-order valence-corrected chi connectivity index (χ4v) is 5.79. The van der Waals surface area contributed by atoms with Crippen molar-refractivity contribution < 1.29 is 14.3 Å². The quantitative estimate of drug-likeness (QED) is 0.418. The number of ether oxygens (including phenoxy) is 1. The molecule has 2 saturated heterocycles. The molecule has 3 fully saturated rings. The van der Waals surface area contributed by atoms with Gasteiger partial charge in [0.2, 0.25) is 5.91 Å². The van der Waals surface area contributed by atoms with Crippen molar-refractivity contribution in [1.29, 1.82) is 0 Å². The van der Waals surface area contributed by atoms with Gasteiger partial charge in [-0.1, -0.05) is 49.5 Å². The number of thiocarbonyl (C=S) groups is 1. The molecule has 32 heavy (non-hydrogen) atoms. The lowest BCUT2D eigenvalue weighted by atomic mass is 9.98. The molecule has 2 aliphatic heterocycles. The van der Waals surface area contributed by atoms with Gasteiger partial charge in [-0.2, -0.15) is 0 Å². The average Bonchev–Trinajstić information content (AvgIpc) is 3.07. The molecule has 3 aliphatic rings. The maximum absolute atomic E-state index is 12.9. The van der Waals surface area contributed by atoms with Gasteiger partial charge < -0.3 is 9.64 Å². The van der Waals surface area contributed by atoms with Crippen LogP contribution in [0.5, 0.6) is 5.75 Å². The summed E-state index contributed by atoms with van der Waals surface area (Å²) in [7, 11) is 0. The molecule has 0 aromatic heterocycles. The zero-order valence-corrected chi connectivity index (χ0v) is 20.4. The molecule has 0 N–H and O–H groups in total. The summed E-state index contributed by atoms with van der Waals surface area (Å²) in [6.45, 7) is 4.21. The maximum atomic E-state index is 12.9. The normalized spacial score (nSPS) is 22.1. The Morgan fingerprint density at radius 1 is 1.12 bits per heavy atom. The third-order valence-electron chi connectivity index (χ3n) is 6.59. The fourth-order valence-electron chi connectivity index (χ4n) is 4.49. The number of carbonyl (C=O) groups is 2. The molecule has 0 radical (unpaired) electrons. The van der Waals surface area contributed by atoms with E-state index < -0.39 is 0 Å². The highest BCUT2D eigenvalue weighted by Gasteiger charge is 2.32. The lowest BCUT2D eigenvalue weighted by molar-refractivity contribution is -0.133. The van der Waals surface area contributed by atoms with E-state index in [-0.39, 0.29) is 11.8 Å². The molecule has 5 nitrogen and oxygen atoms in total. The van der Waals surface area contributed by atoms with E-state index in [4.69, 9.17) is 17.0 Å². The van der Waals surface area contributed by atoms with Crippen molar-refractivity contribution in [3.05, 3.63) is 34.7 Å². The maximum Gasteiger partial charge on any atom is 0.266 e. The third-order valence-corrected chi connectivity index (χ3v) is 7.97. The lowest BCUT2D eigenvalue weighted by Crippen LogP contribution is -2.40. The molecule has 1 aromatic carbocycles. The van der Waals surface area contributed by atoms with Crippen LogP contribution >= 0.6 is 24.0 Å². The van der Waals surface area contributed by atoms with Gasteiger partial charge >= 0.3 is 0 Å². The second-order valence-corrected chi connectivity index (χ2v) is 10.8. The number of rotatable bonds is 6. The molecule has 172 valence electrons. The van der Waals surface area contributed by atoms with Gasteiger partial charge in [-0.15, -0.1) is 0 Å². The number of carbonyl (C=O) groups excluding carboxylic acids is 2. The topological polar surface area (TPSA) is 49.9 Å². The molecule has 1 aromatic rings. The lowest BCUT2D eigenvalue weighted by Gasteiger charge is -2.30. The first-order valence-corrected chi connectivity index (χ1v) is 13.0. The van der Waals surface area contributed by atoms with E-state index in [1.54, 1.807) is 4.90 Å². The summed E-state index contributed by atoms with van der Waals surface area (Å²) in [5.41, 5.74) is 0.944. The van der Waals surface area contributed by atoms with Crippen LogP contribution in [-0.2, 0) is 9.59 Å². The van der Waals surface area contributed by atoms with E-state index in [1.165, 1.54) is 31.0 Å². The zero-order valence-electron chi connectivity index (χ0n) is 18.8. The van der Waals surface area contributed by atoms with E-state index in [9.17, 15) is 9.59 Å². The molecular formula is C25H32N2O3S2. The summed E-state index contributed by atoms with van der Waals surface area (Å²) in [4.78, 5) is 29.5. The van der Waals surface area contributed by atoms with Crippen molar-refractivity contribution in [3.8, 4) is 5.75 Å². The van der Waals surface area contributed by atoms with Gasteiger partial charge in [0.05, 0.1) is 11.0 Å². The second-order valence-electron chi connectivity index (χ2n) is 9.09. The van der Waals surface area contributed by atoms with E-state index in [1.807, 2.05) is 35.2 Å². The Kier molecular flexibility index (Phi) is 7.89. The number of thioether (sulfide) groups is 1. The van der Waals surface area contributed by atoms with Crippen LogP contribution in [0.4, 0.5) is 0 Å². The first-order valence-electron chi connectivity index (χ1n) is 11.8. The van der Waals surface area contributed by atoms with Gasteiger partial charge in [-0.25, -0.2) is 0 Å². The Hall–Kier alpha value is -1.86. The summed E-state index contributed by atoms with van der Waals surface area (Å²) < 4.78 is 6.61. The number of likely N-dealkylation sites (tertiary alicyclic amines) is 1. The van der Waals surface area contributed by atoms with Gasteiger partial charge in [0.1, 0.15) is 10.1 Å². The molecule has 4 rings (SSSR count). The van der Waals surface area contributed by atoms with Crippen LogP contribution in [0.3, 0.4) is 0 Å². The molecule has 0 spiro atoms. The third kappa shape index (κ3) is 5.93. The van der Waals surface area contributed by atoms with Gasteiger partial charge in [0.15, 0.2) is 0 Å². The summed E-state index contributed by atoms with van der Waals surface area (Å²) in [6.07, 6.45) is 10.7. The smallest absolute Gasteiger partial charge is 0.266 e. The molecule has 2 amide bonds. The largest absolute Gasteiger partial charge is 0.490 e.